The van der Waals surface area contributed by atoms with Crippen molar-refractivity contribution < 1.29 is 30.0 Å². The maximum Gasteiger partial charge on any atom is 0.237 e. The predicted octanol–water partition coefficient (Wildman–Crippen LogP) is -0.435. The molecule has 2 aliphatic rings. The molecule has 2 rings (SSSR count). The van der Waals surface area contributed by atoms with E-state index in [0.717, 1.165) is 25.8 Å². The molecule has 0 aromatic carbocycles. The van der Waals surface area contributed by atoms with Gasteiger partial charge in [-0.3, -0.25) is 9.69 Å². The van der Waals surface area contributed by atoms with Gasteiger partial charge in [-0.15, -0.1) is 24.2 Å². The molecule has 2 aliphatic heterocycles. The normalized spacial score (nSPS) is 38.5. The molecule has 0 aromatic rings. The highest BCUT2D eigenvalue weighted by atomic mass is 35.5. The van der Waals surface area contributed by atoms with Crippen molar-refractivity contribution in [3.8, 4) is 0 Å². The molecule has 0 saturated carbocycles. The summed E-state index contributed by atoms with van der Waals surface area (Å²) in [6.07, 6.45) is -1.50. The lowest BCUT2D eigenvalue weighted by molar-refractivity contribution is -0.211. The Morgan fingerprint density at radius 1 is 1.29 bits per heavy atom. The molecule has 166 valence electrons. The quantitative estimate of drug-likeness (QED) is 0.360. The third-order valence-electron chi connectivity index (χ3n) is 5.66. The van der Waals surface area contributed by atoms with Crippen molar-refractivity contribution >= 4 is 30.1 Å². The van der Waals surface area contributed by atoms with Crippen LogP contribution in [0.4, 0.5) is 0 Å². The highest BCUT2D eigenvalue weighted by molar-refractivity contribution is 7.99. The van der Waals surface area contributed by atoms with Gasteiger partial charge in [0.1, 0.15) is 29.9 Å². The van der Waals surface area contributed by atoms with E-state index >= 15 is 0 Å². The van der Waals surface area contributed by atoms with E-state index in [9.17, 15) is 25.2 Å². The minimum absolute atomic E-state index is 0. The molecule has 1 amide bonds. The number of aliphatic hydroxyl groups is 4. The van der Waals surface area contributed by atoms with Gasteiger partial charge < -0.3 is 30.5 Å². The molecule has 0 unspecified atom stereocenters. The number of nitrogens with one attached hydrogen (secondary N) is 1. The van der Waals surface area contributed by atoms with Crippen molar-refractivity contribution in [3.63, 3.8) is 0 Å². The van der Waals surface area contributed by atoms with Crippen LogP contribution >= 0.6 is 24.2 Å². The van der Waals surface area contributed by atoms with E-state index in [1.54, 1.807) is 6.26 Å². The molecule has 0 radical (unpaired) electrons. The summed E-state index contributed by atoms with van der Waals surface area (Å²) in [6.45, 7) is 4.48. The van der Waals surface area contributed by atoms with Gasteiger partial charge in [-0.05, 0) is 39.0 Å². The van der Waals surface area contributed by atoms with Crippen LogP contribution in [0.5, 0.6) is 0 Å². The Morgan fingerprint density at radius 3 is 2.46 bits per heavy atom. The van der Waals surface area contributed by atoms with Crippen molar-refractivity contribution in [2.45, 2.75) is 81.1 Å². The number of nitrogens with zero attached hydrogens (tertiary/aromatic N) is 1. The van der Waals surface area contributed by atoms with E-state index in [1.807, 2.05) is 11.9 Å². The Kier molecular flexibility index (Phi) is 10.5. The first kappa shape index (κ1) is 25.9. The Hall–Kier alpha value is -0.130. The first-order valence-corrected chi connectivity index (χ1v) is 10.9. The van der Waals surface area contributed by atoms with Crippen molar-refractivity contribution in [3.05, 3.63) is 0 Å². The SMILES string of the molecule is CCC[C@@H]1C[C@@H](C(=O)N[C@@H]([C@@H]2O[C@H](SC)[C@H](O)[C@@H](O)[C@@H]2O)[C@@H](C)O)N(C)C1.Cl. The molecule has 2 fully saturated rings. The summed E-state index contributed by atoms with van der Waals surface area (Å²) in [5.41, 5.74) is -0.755. The van der Waals surface area contributed by atoms with Crippen LogP contribution in [0.25, 0.3) is 0 Å². The summed E-state index contributed by atoms with van der Waals surface area (Å²) in [4.78, 5) is 14.9. The molecule has 28 heavy (non-hydrogen) atoms. The Labute approximate surface area is 177 Å². The van der Waals surface area contributed by atoms with Crippen LogP contribution in [0.15, 0.2) is 0 Å². The second kappa shape index (κ2) is 11.3. The first-order chi connectivity index (χ1) is 12.7. The average Bonchev–Trinajstić information content (AvgIpc) is 2.99. The summed E-state index contributed by atoms with van der Waals surface area (Å²) >= 11 is 1.20. The fourth-order valence-corrected chi connectivity index (χ4v) is 4.81. The van der Waals surface area contributed by atoms with Gasteiger partial charge in [-0.25, -0.2) is 0 Å². The molecule has 9 atom stereocenters. The first-order valence-electron chi connectivity index (χ1n) is 9.62. The Morgan fingerprint density at radius 2 is 1.93 bits per heavy atom. The summed E-state index contributed by atoms with van der Waals surface area (Å²) in [5, 5.41) is 43.5. The van der Waals surface area contributed by atoms with E-state index in [0.29, 0.717) is 5.92 Å². The van der Waals surface area contributed by atoms with E-state index in [-0.39, 0.29) is 24.4 Å². The Bertz CT molecular complexity index is 501. The lowest BCUT2D eigenvalue weighted by atomic mass is 9.92. The summed E-state index contributed by atoms with van der Waals surface area (Å²) < 4.78 is 5.72. The maximum absolute atomic E-state index is 12.8. The second-order valence-electron chi connectivity index (χ2n) is 7.80. The molecular weight excluding hydrogens is 408 g/mol. The molecule has 0 aromatic heterocycles. The molecule has 5 N–H and O–H groups in total. The van der Waals surface area contributed by atoms with Crippen LogP contribution in [0, 0.1) is 5.92 Å². The van der Waals surface area contributed by atoms with E-state index < -0.39 is 42.0 Å². The fraction of sp³-hybridized carbons (Fsp3) is 0.944. The number of ether oxygens (including phenoxy) is 1. The van der Waals surface area contributed by atoms with Crippen LogP contribution in [0.2, 0.25) is 0 Å². The number of amides is 1. The van der Waals surface area contributed by atoms with E-state index in [2.05, 4.69) is 12.2 Å². The smallest absolute Gasteiger partial charge is 0.237 e. The monoisotopic (exact) mass is 442 g/mol. The number of likely N-dealkylation sites (N-methyl/N-ethyl adjacent to an activating group) is 1. The van der Waals surface area contributed by atoms with E-state index in [4.69, 9.17) is 4.74 Å². The summed E-state index contributed by atoms with van der Waals surface area (Å²) in [5.74, 6) is 0.245. The molecule has 0 aliphatic carbocycles. The van der Waals surface area contributed by atoms with Crippen molar-refractivity contribution in [1.29, 1.82) is 0 Å². The lowest BCUT2D eigenvalue weighted by Gasteiger charge is -2.44. The molecule has 0 spiro atoms. The van der Waals surface area contributed by atoms with Crippen LogP contribution in [-0.4, -0.2) is 99.1 Å². The number of carbonyl (C=O) groups excluding carboxylic acids is 1. The standard InChI is InChI=1S/C18H34N2O6S.ClH/c1-5-6-10-7-11(20(3)8-10)17(25)19-12(9(2)21)16-14(23)13(22)15(24)18(26-16)27-4;/h9-16,18,21-24H,5-8H2,1-4H3,(H,19,25);1H/t9-,10-,11+,12-,13+,14+,15-,16+,18-;/m1./s1. The van der Waals surface area contributed by atoms with Crippen LogP contribution in [0.1, 0.15) is 33.1 Å². The van der Waals surface area contributed by atoms with Gasteiger partial charge in [-0.2, -0.15) is 0 Å². The summed E-state index contributed by atoms with van der Waals surface area (Å²) in [7, 11) is 1.91. The molecule has 2 saturated heterocycles. The van der Waals surface area contributed by atoms with Gasteiger partial charge in [-0.1, -0.05) is 13.3 Å². The van der Waals surface area contributed by atoms with Gasteiger partial charge in [0.15, 0.2) is 0 Å². The summed E-state index contributed by atoms with van der Waals surface area (Å²) in [6, 6.07) is -1.20. The van der Waals surface area contributed by atoms with Gasteiger partial charge >= 0.3 is 0 Å². The Balaban J connectivity index is 0.00000392. The predicted molar refractivity (Wildman–Crippen MR) is 110 cm³/mol. The number of carbonyl (C=O) groups is 1. The number of thioether (sulfide) groups is 1. The third kappa shape index (κ3) is 5.72. The van der Waals surface area contributed by atoms with Crippen LogP contribution in [0.3, 0.4) is 0 Å². The number of hydrogen-bond donors (Lipinski definition) is 5. The molecule has 0 bridgehead atoms. The average molecular weight is 443 g/mol. The minimum Gasteiger partial charge on any atom is -0.391 e. The van der Waals surface area contributed by atoms with Crippen LogP contribution in [-0.2, 0) is 9.53 Å². The highest BCUT2D eigenvalue weighted by Crippen LogP contribution is 2.30. The van der Waals surface area contributed by atoms with Crippen molar-refractivity contribution in [2.75, 3.05) is 19.8 Å². The zero-order valence-electron chi connectivity index (χ0n) is 16.9. The lowest BCUT2D eigenvalue weighted by Crippen LogP contribution is -2.65. The van der Waals surface area contributed by atoms with Crippen molar-refractivity contribution in [1.82, 2.24) is 10.2 Å². The second-order valence-corrected chi connectivity index (χ2v) is 8.73. The molecule has 10 heteroatoms. The number of hydrogen-bond acceptors (Lipinski definition) is 8. The minimum atomic E-state index is -1.42. The maximum atomic E-state index is 12.8. The largest absolute Gasteiger partial charge is 0.391 e. The number of rotatable bonds is 7. The zero-order valence-corrected chi connectivity index (χ0v) is 18.5. The molecular formula is C18H35ClN2O6S. The van der Waals surface area contributed by atoms with Gasteiger partial charge in [0.25, 0.3) is 0 Å². The van der Waals surface area contributed by atoms with Crippen molar-refractivity contribution in [2.24, 2.45) is 5.92 Å². The molecule has 2 heterocycles. The number of halogens is 1. The molecule has 8 nitrogen and oxygen atoms in total. The van der Waals surface area contributed by atoms with E-state index in [1.165, 1.54) is 18.7 Å². The van der Waals surface area contributed by atoms with Gasteiger partial charge in [0, 0.05) is 6.54 Å². The third-order valence-corrected chi connectivity index (χ3v) is 6.51. The highest BCUT2D eigenvalue weighted by Gasteiger charge is 2.48. The van der Waals surface area contributed by atoms with Gasteiger partial charge in [0.05, 0.1) is 18.2 Å². The number of likely N-dealkylation sites (tertiary alicyclic amines) is 1. The number of aliphatic hydroxyl groups excluding tert-OH is 4. The van der Waals surface area contributed by atoms with Gasteiger partial charge in [0.2, 0.25) is 5.91 Å². The van der Waals surface area contributed by atoms with Crippen LogP contribution < -0.4 is 5.32 Å². The fourth-order valence-electron chi connectivity index (χ4n) is 4.13. The zero-order chi connectivity index (χ0) is 20.3. The topological polar surface area (TPSA) is 122 Å².